The van der Waals surface area contributed by atoms with Crippen molar-refractivity contribution in [2.24, 2.45) is 0 Å². The van der Waals surface area contributed by atoms with Gasteiger partial charge in [-0.25, -0.2) is 0 Å². The minimum absolute atomic E-state index is 0.783. The van der Waals surface area contributed by atoms with E-state index in [0.717, 1.165) is 16.8 Å². The molecular formula is C7H8Br2OS. The number of hydrogen-bond donors (Lipinski definition) is 0. The van der Waals surface area contributed by atoms with E-state index in [4.69, 9.17) is 4.74 Å². The monoisotopic (exact) mass is 298 g/mol. The molecule has 0 radical (unpaired) electrons. The predicted molar refractivity (Wildman–Crippen MR) is 55.3 cm³/mol. The van der Waals surface area contributed by atoms with Crippen molar-refractivity contribution in [1.82, 2.24) is 0 Å². The highest BCUT2D eigenvalue weighted by Gasteiger charge is 2.03. The van der Waals surface area contributed by atoms with Crippen molar-refractivity contribution in [1.29, 1.82) is 0 Å². The fourth-order valence-electron chi connectivity index (χ4n) is 0.741. The first-order valence-electron chi connectivity index (χ1n) is 3.16. The van der Waals surface area contributed by atoms with E-state index in [2.05, 4.69) is 37.9 Å². The molecule has 0 aliphatic rings. The van der Waals surface area contributed by atoms with E-state index in [-0.39, 0.29) is 0 Å². The van der Waals surface area contributed by atoms with Gasteiger partial charge in [0.25, 0.3) is 0 Å². The Morgan fingerprint density at radius 3 is 2.73 bits per heavy atom. The average Bonchev–Trinajstić information content (AvgIpc) is 2.26. The summed E-state index contributed by atoms with van der Waals surface area (Å²) < 4.78 is 7.32. The van der Waals surface area contributed by atoms with Gasteiger partial charge in [-0.2, -0.15) is 0 Å². The van der Waals surface area contributed by atoms with Crippen molar-refractivity contribution >= 4 is 43.2 Å². The van der Waals surface area contributed by atoms with Gasteiger partial charge in [0.15, 0.2) is 0 Å². The van der Waals surface area contributed by atoms with Gasteiger partial charge in [-0.05, 0) is 37.9 Å². The molecular weight excluding hydrogens is 292 g/mol. The Morgan fingerprint density at radius 1 is 1.55 bits per heavy atom. The molecule has 0 atom stereocenters. The molecule has 0 amide bonds. The molecule has 0 aliphatic heterocycles. The minimum Gasteiger partial charge on any atom is -0.384 e. The van der Waals surface area contributed by atoms with Crippen LogP contribution < -0.4 is 0 Å². The number of hydrogen-bond acceptors (Lipinski definition) is 2. The van der Waals surface area contributed by atoms with Crippen LogP contribution in [0.5, 0.6) is 0 Å². The molecule has 0 aliphatic carbocycles. The molecule has 0 spiro atoms. The second-order valence-corrected chi connectivity index (χ2v) is 5.43. The molecule has 1 aromatic rings. The van der Waals surface area contributed by atoms with Crippen molar-refractivity contribution in [2.45, 2.75) is 6.42 Å². The van der Waals surface area contributed by atoms with Crippen LogP contribution in [-0.4, -0.2) is 13.7 Å². The first-order valence-corrected chi connectivity index (χ1v) is 5.57. The second kappa shape index (κ2) is 4.60. The molecule has 1 nitrogen and oxygen atoms in total. The van der Waals surface area contributed by atoms with Crippen LogP contribution in [-0.2, 0) is 11.2 Å². The number of halogens is 2. The van der Waals surface area contributed by atoms with Crippen molar-refractivity contribution < 1.29 is 4.74 Å². The topological polar surface area (TPSA) is 9.23 Å². The highest BCUT2D eigenvalue weighted by molar-refractivity contribution is 9.11. The molecule has 0 saturated heterocycles. The summed E-state index contributed by atoms with van der Waals surface area (Å²) >= 11 is 8.64. The lowest BCUT2D eigenvalue weighted by Gasteiger charge is -1.95. The van der Waals surface area contributed by atoms with E-state index in [1.54, 1.807) is 18.4 Å². The van der Waals surface area contributed by atoms with Gasteiger partial charge in [-0.1, -0.05) is 0 Å². The fraction of sp³-hybridized carbons (Fsp3) is 0.429. The molecule has 0 saturated carbocycles. The summed E-state index contributed by atoms with van der Waals surface area (Å²) in [7, 11) is 1.72. The van der Waals surface area contributed by atoms with Gasteiger partial charge in [-0.15, -0.1) is 11.3 Å². The smallest absolute Gasteiger partial charge is 0.0713 e. The van der Waals surface area contributed by atoms with E-state index in [1.165, 1.54) is 9.35 Å². The molecule has 0 bridgehead atoms. The van der Waals surface area contributed by atoms with E-state index in [9.17, 15) is 0 Å². The minimum atomic E-state index is 0.783. The molecule has 1 heterocycles. The number of thiophene rings is 1. The van der Waals surface area contributed by atoms with E-state index >= 15 is 0 Å². The van der Waals surface area contributed by atoms with Crippen LogP contribution in [0.3, 0.4) is 0 Å². The first-order chi connectivity index (χ1) is 5.24. The van der Waals surface area contributed by atoms with E-state index in [1.807, 2.05) is 0 Å². The van der Waals surface area contributed by atoms with Crippen LogP contribution in [0.2, 0.25) is 0 Å². The Balaban J connectivity index is 2.62. The SMILES string of the molecule is COCCc1sc(Br)cc1Br. The van der Waals surface area contributed by atoms with E-state index in [0.29, 0.717) is 0 Å². The Bertz CT molecular complexity index is 234. The summed E-state index contributed by atoms with van der Waals surface area (Å²) in [5.74, 6) is 0. The van der Waals surface area contributed by atoms with Gasteiger partial charge in [0, 0.05) is 22.9 Å². The zero-order valence-electron chi connectivity index (χ0n) is 6.06. The average molecular weight is 300 g/mol. The predicted octanol–water partition coefficient (Wildman–Crippen LogP) is 3.46. The third kappa shape index (κ3) is 2.86. The third-order valence-electron chi connectivity index (χ3n) is 1.26. The first kappa shape index (κ1) is 9.71. The van der Waals surface area contributed by atoms with Crippen molar-refractivity contribution in [3.8, 4) is 0 Å². The molecule has 4 heteroatoms. The number of rotatable bonds is 3. The maximum absolute atomic E-state index is 4.98. The van der Waals surface area contributed by atoms with Gasteiger partial charge in [0.05, 0.1) is 10.4 Å². The van der Waals surface area contributed by atoms with Crippen LogP contribution in [0.15, 0.2) is 14.3 Å². The quantitative estimate of drug-likeness (QED) is 0.830. The van der Waals surface area contributed by atoms with Crippen LogP contribution in [0.1, 0.15) is 4.88 Å². The molecule has 1 rings (SSSR count). The van der Waals surface area contributed by atoms with Gasteiger partial charge in [-0.3, -0.25) is 0 Å². The van der Waals surface area contributed by atoms with Crippen LogP contribution in [0.25, 0.3) is 0 Å². The molecule has 11 heavy (non-hydrogen) atoms. The third-order valence-corrected chi connectivity index (χ3v) is 3.93. The maximum Gasteiger partial charge on any atom is 0.0713 e. The lowest BCUT2D eigenvalue weighted by Crippen LogP contribution is -1.91. The molecule has 0 aromatic carbocycles. The summed E-state index contributed by atoms with van der Waals surface area (Å²) in [5, 5.41) is 0. The lowest BCUT2D eigenvalue weighted by atomic mass is 10.4. The summed E-state index contributed by atoms with van der Waals surface area (Å²) in [6.45, 7) is 0.783. The molecule has 0 unspecified atom stereocenters. The Morgan fingerprint density at radius 2 is 2.27 bits per heavy atom. The zero-order valence-corrected chi connectivity index (χ0v) is 10.1. The van der Waals surface area contributed by atoms with Gasteiger partial charge in [0.1, 0.15) is 0 Å². The summed E-state index contributed by atoms with van der Waals surface area (Å²) in [5.41, 5.74) is 0. The molecule has 0 fully saturated rings. The van der Waals surface area contributed by atoms with E-state index < -0.39 is 0 Å². The fourth-order valence-corrected chi connectivity index (χ4v) is 3.44. The maximum atomic E-state index is 4.98. The Labute approximate surface area is 87.0 Å². The van der Waals surface area contributed by atoms with Crippen LogP contribution in [0, 0.1) is 0 Å². The normalized spacial score (nSPS) is 10.5. The largest absolute Gasteiger partial charge is 0.384 e. The number of methoxy groups -OCH3 is 1. The van der Waals surface area contributed by atoms with Gasteiger partial charge < -0.3 is 4.74 Å². The number of ether oxygens (including phenoxy) is 1. The summed E-state index contributed by atoms with van der Waals surface area (Å²) in [6.07, 6.45) is 0.980. The van der Waals surface area contributed by atoms with Crippen molar-refractivity contribution in [3.05, 3.63) is 19.2 Å². The molecule has 0 N–H and O–H groups in total. The lowest BCUT2D eigenvalue weighted by molar-refractivity contribution is 0.203. The Hall–Kier alpha value is 0.620. The highest BCUT2D eigenvalue weighted by Crippen LogP contribution is 2.31. The summed E-state index contributed by atoms with van der Waals surface area (Å²) in [6, 6.07) is 2.07. The van der Waals surface area contributed by atoms with Gasteiger partial charge >= 0.3 is 0 Å². The van der Waals surface area contributed by atoms with Crippen LogP contribution >= 0.6 is 43.2 Å². The van der Waals surface area contributed by atoms with Crippen LogP contribution in [0.4, 0.5) is 0 Å². The van der Waals surface area contributed by atoms with Crippen molar-refractivity contribution in [3.63, 3.8) is 0 Å². The molecule has 1 aromatic heterocycles. The summed E-state index contributed by atoms with van der Waals surface area (Å²) in [4.78, 5) is 1.33. The molecule has 62 valence electrons. The van der Waals surface area contributed by atoms with Crippen molar-refractivity contribution in [2.75, 3.05) is 13.7 Å². The zero-order chi connectivity index (χ0) is 8.27. The van der Waals surface area contributed by atoms with Gasteiger partial charge in [0.2, 0.25) is 0 Å². The standard InChI is InChI=1S/C7H8Br2OS/c1-10-3-2-6-5(8)4-7(9)11-6/h4H,2-3H2,1H3. The second-order valence-electron chi connectivity index (χ2n) is 2.06. The Kier molecular flexibility index (Phi) is 4.06. The highest BCUT2D eigenvalue weighted by atomic mass is 79.9.